The van der Waals surface area contributed by atoms with Gasteiger partial charge in [0, 0.05) is 18.3 Å². The van der Waals surface area contributed by atoms with E-state index in [1.165, 1.54) is 0 Å². The van der Waals surface area contributed by atoms with Crippen LogP contribution in [-0.4, -0.2) is 40.2 Å². The lowest BCUT2D eigenvalue weighted by molar-refractivity contribution is -0.134. The Balaban J connectivity index is 1.84. The molecule has 4 nitrogen and oxygen atoms in total. The second kappa shape index (κ2) is 7.47. The number of nitrogens with zero attached hydrogens (tertiary/aromatic N) is 2. The van der Waals surface area contributed by atoms with E-state index in [2.05, 4.69) is 4.98 Å². The van der Waals surface area contributed by atoms with Crippen molar-refractivity contribution in [2.75, 3.05) is 13.1 Å². The predicted molar refractivity (Wildman–Crippen MR) is 87.5 cm³/mol. The lowest BCUT2D eigenvalue weighted by atomic mass is 10.0. The number of carbonyl (C=O) groups excluding carboxylic acids is 1. The third-order valence-corrected chi connectivity index (χ3v) is 5.22. The van der Waals surface area contributed by atoms with Crippen molar-refractivity contribution in [3.63, 3.8) is 0 Å². The van der Waals surface area contributed by atoms with E-state index in [-0.39, 0.29) is 17.9 Å². The van der Waals surface area contributed by atoms with Gasteiger partial charge < -0.3 is 10.6 Å². The fourth-order valence-electron chi connectivity index (χ4n) is 2.32. The minimum absolute atomic E-state index is 0.0781. The number of halogens is 1. The number of amides is 1. The summed E-state index contributed by atoms with van der Waals surface area (Å²) in [4.78, 5) is 18.4. The second-order valence-corrected chi connectivity index (χ2v) is 7.42. The third kappa shape index (κ3) is 4.59. The first-order valence-electron chi connectivity index (χ1n) is 7.31. The number of hydrogen-bond donors (Lipinski definition) is 1. The topological polar surface area (TPSA) is 59.2 Å². The van der Waals surface area contributed by atoms with Crippen molar-refractivity contribution in [1.29, 1.82) is 0 Å². The largest absolute Gasteiger partial charge is 0.341 e. The van der Waals surface area contributed by atoms with Gasteiger partial charge in [0.15, 0.2) is 0 Å². The van der Waals surface area contributed by atoms with Gasteiger partial charge >= 0.3 is 0 Å². The Morgan fingerprint density at radius 3 is 2.67 bits per heavy atom. The minimum Gasteiger partial charge on any atom is -0.341 e. The molecular formula is C15H22ClN3OS. The molecule has 1 aliphatic heterocycles. The highest BCUT2D eigenvalue weighted by Crippen LogP contribution is 2.30. The van der Waals surface area contributed by atoms with Crippen LogP contribution in [0.1, 0.15) is 26.7 Å². The highest BCUT2D eigenvalue weighted by atomic mass is 35.5. The van der Waals surface area contributed by atoms with Gasteiger partial charge in [0.1, 0.15) is 5.15 Å². The van der Waals surface area contributed by atoms with Crippen molar-refractivity contribution in [3.8, 4) is 0 Å². The van der Waals surface area contributed by atoms with Gasteiger partial charge in [0.2, 0.25) is 5.91 Å². The summed E-state index contributed by atoms with van der Waals surface area (Å²) in [6, 6.07) is 5.28. The van der Waals surface area contributed by atoms with Gasteiger partial charge in [-0.1, -0.05) is 31.5 Å². The number of carbonyl (C=O) groups is 1. The molecule has 21 heavy (non-hydrogen) atoms. The van der Waals surface area contributed by atoms with Gasteiger partial charge in [-0.3, -0.25) is 4.79 Å². The maximum Gasteiger partial charge on any atom is 0.239 e. The second-order valence-electron chi connectivity index (χ2n) is 5.71. The molecular weight excluding hydrogens is 306 g/mol. The standard InChI is InChI=1S/C15H22ClN3OS/c1-10(2)14(17)15(20)19-8-6-11(7-9-19)21-13-5-3-4-12(16)18-13/h3-5,10-11,14H,6-9,17H2,1-2H3/t14-/m0/s1. The lowest BCUT2D eigenvalue weighted by Crippen LogP contribution is -2.49. The monoisotopic (exact) mass is 327 g/mol. The van der Waals surface area contributed by atoms with Crippen LogP contribution in [0.2, 0.25) is 5.15 Å². The Kier molecular flexibility index (Phi) is 5.90. The molecule has 116 valence electrons. The molecule has 1 aromatic heterocycles. The van der Waals surface area contributed by atoms with Crippen LogP contribution in [0.4, 0.5) is 0 Å². The molecule has 1 amide bonds. The summed E-state index contributed by atoms with van der Waals surface area (Å²) in [7, 11) is 0. The number of piperidine rings is 1. The fraction of sp³-hybridized carbons (Fsp3) is 0.600. The van der Waals surface area contributed by atoms with Gasteiger partial charge in [-0.05, 0) is 30.9 Å². The zero-order chi connectivity index (χ0) is 15.4. The zero-order valence-corrected chi connectivity index (χ0v) is 14.0. The van der Waals surface area contributed by atoms with Crippen LogP contribution >= 0.6 is 23.4 Å². The molecule has 1 aliphatic rings. The highest BCUT2D eigenvalue weighted by molar-refractivity contribution is 7.99. The van der Waals surface area contributed by atoms with Crippen LogP contribution in [0.25, 0.3) is 0 Å². The first kappa shape index (κ1) is 16.6. The zero-order valence-electron chi connectivity index (χ0n) is 12.5. The summed E-state index contributed by atoms with van der Waals surface area (Å²) in [6.07, 6.45) is 1.94. The number of pyridine rings is 1. The van der Waals surface area contributed by atoms with Crippen LogP contribution in [0, 0.1) is 5.92 Å². The Morgan fingerprint density at radius 2 is 2.10 bits per heavy atom. The molecule has 1 atom stereocenters. The molecule has 0 radical (unpaired) electrons. The van der Waals surface area contributed by atoms with E-state index in [1.54, 1.807) is 17.8 Å². The fourth-order valence-corrected chi connectivity index (χ4v) is 3.63. The average Bonchev–Trinajstić information content (AvgIpc) is 2.46. The number of thioether (sulfide) groups is 1. The summed E-state index contributed by atoms with van der Waals surface area (Å²) in [5.41, 5.74) is 5.94. The Bertz CT molecular complexity index is 490. The maximum atomic E-state index is 12.2. The van der Waals surface area contributed by atoms with Crippen molar-refractivity contribution in [2.24, 2.45) is 11.7 Å². The molecule has 1 fully saturated rings. The van der Waals surface area contributed by atoms with Gasteiger partial charge in [0.05, 0.1) is 11.1 Å². The van der Waals surface area contributed by atoms with Gasteiger partial charge in [0.25, 0.3) is 0 Å². The SMILES string of the molecule is CC(C)[C@H](N)C(=O)N1CCC(Sc2cccc(Cl)n2)CC1. The molecule has 6 heteroatoms. The number of hydrogen-bond acceptors (Lipinski definition) is 4. The van der Waals surface area contributed by atoms with Gasteiger partial charge in [-0.2, -0.15) is 0 Å². The van der Waals surface area contributed by atoms with E-state index >= 15 is 0 Å². The van der Waals surface area contributed by atoms with Crippen LogP contribution < -0.4 is 5.73 Å². The predicted octanol–water partition coefficient (Wildman–Crippen LogP) is 2.80. The molecule has 0 aliphatic carbocycles. The normalized spacial score (nSPS) is 18.0. The van der Waals surface area contributed by atoms with E-state index in [0.717, 1.165) is 31.0 Å². The van der Waals surface area contributed by atoms with Crippen molar-refractivity contribution < 1.29 is 4.79 Å². The van der Waals surface area contributed by atoms with Crippen LogP contribution in [0.15, 0.2) is 23.2 Å². The number of nitrogens with two attached hydrogens (primary N) is 1. The Labute approximate surface area is 135 Å². The van der Waals surface area contributed by atoms with E-state index in [4.69, 9.17) is 17.3 Å². The number of rotatable bonds is 4. The molecule has 0 spiro atoms. The number of aromatic nitrogens is 1. The Morgan fingerprint density at radius 1 is 1.43 bits per heavy atom. The molecule has 2 N–H and O–H groups in total. The van der Waals surface area contributed by atoms with Crippen molar-refractivity contribution in [3.05, 3.63) is 23.4 Å². The average molecular weight is 328 g/mol. The highest BCUT2D eigenvalue weighted by Gasteiger charge is 2.28. The van der Waals surface area contributed by atoms with Gasteiger partial charge in [-0.25, -0.2) is 4.98 Å². The van der Waals surface area contributed by atoms with E-state index in [0.29, 0.717) is 10.4 Å². The van der Waals surface area contributed by atoms with Gasteiger partial charge in [-0.15, -0.1) is 11.8 Å². The van der Waals surface area contributed by atoms with Crippen LogP contribution in [0.5, 0.6) is 0 Å². The molecule has 1 aromatic rings. The summed E-state index contributed by atoms with van der Waals surface area (Å²) in [5.74, 6) is 0.259. The molecule has 0 unspecified atom stereocenters. The molecule has 2 rings (SSSR count). The molecule has 0 saturated carbocycles. The van der Waals surface area contributed by atoms with E-state index < -0.39 is 0 Å². The summed E-state index contributed by atoms with van der Waals surface area (Å²) in [6.45, 7) is 5.51. The van der Waals surface area contributed by atoms with Crippen molar-refractivity contribution >= 4 is 29.3 Å². The first-order chi connectivity index (χ1) is 9.97. The smallest absolute Gasteiger partial charge is 0.239 e. The molecule has 1 saturated heterocycles. The van der Waals surface area contributed by atoms with Crippen molar-refractivity contribution in [1.82, 2.24) is 9.88 Å². The number of likely N-dealkylation sites (tertiary alicyclic amines) is 1. The van der Waals surface area contributed by atoms with E-state index in [1.807, 2.05) is 30.9 Å². The molecule has 2 heterocycles. The molecule has 0 aromatic carbocycles. The van der Waals surface area contributed by atoms with E-state index in [9.17, 15) is 4.79 Å². The molecule has 0 bridgehead atoms. The quantitative estimate of drug-likeness (QED) is 0.864. The third-order valence-electron chi connectivity index (χ3n) is 3.73. The van der Waals surface area contributed by atoms with Crippen LogP contribution in [0.3, 0.4) is 0 Å². The lowest BCUT2D eigenvalue weighted by Gasteiger charge is -2.33. The Hall–Kier alpha value is -0.780. The van der Waals surface area contributed by atoms with Crippen LogP contribution in [-0.2, 0) is 4.79 Å². The van der Waals surface area contributed by atoms with Crippen molar-refractivity contribution in [2.45, 2.75) is 43.0 Å². The summed E-state index contributed by atoms with van der Waals surface area (Å²) >= 11 is 7.64. The maximum absolute atomic E-state index is 12.2. The minimum atomic E-state index is -0.385. The summed E-state index contributed by atoms with van der Waals surface area (Å²) in [5, 5.41) is 1.96. The summed E-state index contributed by atoms with van der Waals surface area (Å²) < 4.78 is 0. The first-order valence-corrected chi connectivity index (χ1v) is 8.56.